The van der Waals surface area contributed by atoms with Gasteiger partial charge in [-0.15, -0.1) is 0 Å². The second-order valence-electron chi connectivity index (χ2n) is 4.18. The van der Waals surface area contributed by atoms with E-state index in [1.807, 2.05) is 13.8 Å². The number of amides is 3. The minimum absolute atomic E-state index is 0.0327. The Balaban J connectivity index is 2.51. The topological polar surface area (TPSA) is 108 Å². The molecule has 0 aliphatic heterocycles. The molecule has 0 radical (unpaired) electrons. The number of nitrogens with two attached hydrogens (primary N) is 1. The number of hydrogen-bond acceptors (Lipinski definition) is 5. The molecule has 0 fully saturated rings. The number of urea groups is 1. The van der Waals surface area contributed by atoms with Crippen molar-refractivity contribution in [2.75, 3.05) is 6.61 Å². The van der Waals surface area contributed by atoms with Crippen LogP contribution in [0.25, 0.3) is 0 Å². The van der Waals surface area contributed by atoms with Gasteiger partial charge in [-0.05, 0) is 38.1 Å². The van der Waals surface area contributed by atoms with Gasteiger partial charge in [0.25, 0.3) is 5.91 Å². The summed E-state index contributed by atoms with van der Waals surface area (Å²) < 4.78 is 10.1. The third kappa shape index (κ3) is 5.38. The molecule has 0 unspecified atom stereocenters. The number of esters is 1. The molecule has 1 rings (SSSR count). The molecule has 0 aliphatic carbocycles. The summed E-state index contributed by atoms with van der Waals surface area (Å²) in [6.07, 6.45) is 0.0327. The molecule has 0 aliphatic rings. The summed E-state index contributed by atoms with van der Waals surface area (Å²) in [6.45, 7) is 3.20. The molecule has 1 aromatic rings. The zero-order chi connectivity index (χ0) is 15.1. The van der Waals surface area contributed by atoms with E-state index in [9.17, 15) is 14.4 Å². The lowest BCUT2D eigenvalue weighted by Crippen LogP contribution is -2.37. The van der Waals surface area contributed by atoms with Crippen LogP contribution in [-0.4, -0.2) is 30.6 Å². The molecule has 108 valence electrons. The van der Waals surface area contributed by atoms with E-state index in [2.05, 4.69) is 0 Å². The van der Waals surface area contributed by atoms with Gasteiger partial charge in [-0.3, -0.25) is 10.1 Å². The molecule has 0 spiro atoms. The number of benzene rings is 1. The van der Waals surface area contributed by atoms with E-state index in [1.54, 1.807) is 17.4 Å². The smallest absolute Gasteiger partial charge is 0.338 e. The summed E-state index contributed by atoms with van der Waals surface area (Å²) in [7, 11) is 0. The van der Waals surface area contributed by atoms with E-state index in [0.29, 0.717) is 5.75 Å². The Morgan fingerprint density at radius 2 is 1.80 bits per heavy atom. The van der Waals surface area contributed by atoms with Crippen LogP contribution >= 0.6 is 0 Å². The normalized spacial score (nSPS) is 9.95. The maximum absolute atomic E-state index is 11.6. The number of primary amides is 1. The molecule has 0 atom stereocenters. The van der Waals surface area contributed by atoms with E-state index in [0.717, 1.165) is 0 Å². The fourth-order valence-electron chi connectivity index (χ4n) is 1.33. The third-order valence-electron chi connectivity index (χ3n) is 2.06. The van der Waals surface area contributed by atoms with Gasteiger partial charge in [0.05, 0.1) is 11.7 Å². The van der Waals surface area contributed by atoms with Crippen LogP contribution in [0.3, 0.4) is 0 Å². The highest BCUT2D eigenvalue weighted by Gasteiger charge is 2.11. The first-order valence-electron chi connectivity index (χ1n) is 5.91. The zero-order valence-corrected chi connectivity index (χ0v) is 11.2. The first-order valence-corrected chi connectivity index (χ1v) is 5.91. The molecule has 20 heavy (non-hydrogen) atoms. The van der Waals surface area contributed by atoms with Crippen molar-refractivity contribution in [3.05, 3.63) is 29.8 Å². The predicted octanol–water partition coefficient (Wildman–Crippen LogP) is 0.825. The Labute approximate surface area is 116 Å². The summed E-state index contributed by atoms with van der Waals surface area (Å²) in [5.74, 6) is -0.839. The van der Waals surface area contributed by atoms with Crippen molar-refractivity contribution >= 4 is 17.9 Å². The van der Waals surface area contributed by atoms with Crippen LogP contribution in [0.15, 0.2) is 24.3 Å². The van der Waals surface area contributed by atoms with Crippen LogP contribution in [0.5, 0.6) is 5.75 Å². The fraction of sp³-hybridized carbons (Fsp3) is 0.308. The number of rotatable bonds is 5. The van der Waals surface area contributed by atoms with Crippen LogP contribution < -0.4 is 15.8 Å². The summed E-state index contributed by atoms with van der Waals surface area (Å²) >= 11 is 0. The molecule has 7 heteroatoms. The van der Waals surface area contributed by atoms with Crippen LogP contribution in [-0.2, 0) is 9.53 Å². The Kier molecular flexibility index (Phi) is 5.52. The summed E-state index contributed by atoms with van der Waals surface area (Å²) in [4.78, 5) is 33.1. The fourth-order valence-corrected chi connectivity index (χ4v) is 1.33. The quantitative estimate of drug-likeness (QED) is 0.776. The Morgan fingerprint density at radius 3 is 2.30 bits per heavy atom. The summed E-state index contributed by atoms with van der Waals surface area (Å²) in [5, 5.41) is 1.78. The monoisotopic (exact) mass is 280 g/mol. The first-order chi connectivity index (χ1) is 9.38. The molecule has 3 amide bonds. The van der Waals surface area contributed by atoms with Gasteiger partial charge >= 0.3 is 12.0 Å². The highest BCUT2D eigenvalue weighted by molar-refractivity contribution is 5.96. The molecule has 0 heterocycles. The average molecular weight is 280 g/mol. The molecule has 3 N–H and O–H groups in total. The van der Waals surface area contributed by atoms with Crippen molar-refractivity contribution < 1.29 is 23.9 Å². The van der Waals surface area contributed by atoms with Crippen molar-refractivity contribution in [2.24, 2.45) is 5.73 Å². The Hall–Kier alpha value is -2.57. The molecular weight excluding hydrogens is 264 g/mol. The highest BCUT2D eigenvalue weighted by atomic mass is 16.5. The van der Waals surface area contributed by atoms with Gasteiger partial charge in [-0.2, -0.15) is 0 Å². The number of carbonyl (C=O) groups is 3. The van der Waals surface area contributed by atoms with E-state index >= 15 is 0 Å². The van der Waals surface area contributed by atoms with Crippen LogP contribution in [0.4, 0.5) is 4.79 Å². The number of ether oxygens (including phenoxy) is 2. The molecule has 0 bridgehead atoms. The largest absolute Gasteiger partial charge is 0.491 e. The average Bonchev–Trinajstić information content (AvgIpc) is 2.35. The van der Waals surface area contributed by atoms with Crippen molar-refractivity contribution in [1.29, 1.82) is 0 Å². The standard InChI is InChI=1S/C13H16N2O5/c1-8(2)20-10-5-3-9(4-6-10)12(17)19-7-11(16)15-13(14)18/h3-6,8H,7H2,1-2H3,(H3,14,15,16,18). The molecule has 7 nitrogen and oxygen atoms in total. The number of nitrogens with one attached hydrogen (secondary N) is 1. The first kappa shape index (κ1) is 15.5. The Bertz CT molecular complexity index is 496. The maximum Gasteiger partial charge on any atom is 0.338 e. The Morgan fingerprint density at radius 1 is 1.20 bits per heavy atom. The maximum atomic E-state index is 11.6. The van der Waals surface area contributed by atoms with Crippen molar-refractivity contribution in [1.82, 2.24) is 5.32 Å². The summed E-state index contributed by atoms with van der Waals surface area (Å²) in [5.41, 5.74) is 5.01. The molecular formula is C13H16N2O5. The lowest BCUT2D eigenvalue weighted by molar-refractivity contribution is -0.123. The minimum Gasteiger partial charge on any atom is -0.491 e. The van der Waals surface area contributed by atoms with Crippen molar-refractivity contribution in [3.63, 3.8) is 0 Å². The van der Waals surface area contributed by atoms with Crippen molar-refractivity contribution in [3.8, 4) is 5.75 Å². The number of imide groups is 1. The molecule has 0 aromatic heterocycles. The van der Waals surface area contributed by atoms with E-state index in [4.69, 9.17) is 15.2 Å². The minimum atomic E-state index is -0.999. The van der Waals surface area contributed by atoms with E-state index in [1.165, 1.54) is 12.1 Å². The van der Waals surface area contributed by atoms with Gasteiger partial charge in [0.1, 0.15) is 5.75 Å². The molecule has 0 saturated heterocycles. The third-order valence-corrected chi connectivity index (χ3v) is 2.06. The van der Waals surface area contributed by atoms with E-state index in [-0.39, 0.29) is 11.7 Å². The zero-order valence-electron chi connectivity index (χ0n) is 11.2. The van der Waals surface area contributed by atoms with Crippen molar-refractivity contribution in [2.45, 2.75) is 20.0 Å². The van der Waals surface area contributed by atoms with Gasteiger partial charge in [0.15, 0.2) is 6.61 Å². The van der Waals surface area contributed by atoms with Crippen LogP contribution in [0.1, 0.15) is 24.2 Å². The van der Waals surface area contributed by atoms with Gasteiger partial charge in [0, 0.05) is 0 Å². The highest BCUT2D eigenvalue weighted by Crippen LogP contribution is 2.14. The van der Waals surface area contributed by atoms with Gasteiger partial charge in [-0.25, -0.2) is 9.59 Å². The second-order valence-corrected chi connectivity index (χ2v) is 4.18. The van der Waals surface area contributed by atoms with Gasteiger partial charge in [-0.1, -0.05) is 0 Å². The second kappa shape index (κ2) is 7.13. The van der Waals surface area contributed by atoms with E-state index < -0.39 is 24.5 Å². The molecule has 1 aromatic carbocycles. The SMILES string of the molecule is CC(C)Oc1ccc(C(=O)OCC(=O)NC(N)=O)cc1. The molecule has 0 saturated carbocycles. The van der Waals surface area contributed by atoms with Crippen LogP contribution in [0.2, 0.25) is 0 Å². The summed E-state index contributed by atoms with van der Waals surface area (Å²) in [6, 6.07) is 5.29. The number of carbonyl (C=O) groups excluding carboxylic acids is 3. The number of hydrogen-bond donors (Lipinski definition) is 2. The predicted molar refractivity (Wildman–Crippen MR) is 70.2 cm³/mol. The lowest BCUT2D eigenvalue weighted by Gasteiger charge is -2.10. The van der Waals surface area contributed by atoms with Crippen LogP contribution in [0, 0.1) is 0 Å². The van der Waals surface area contributed by atoms with Gasteiger partial charge < -0.3 is 15.2 Å². The van der Waals surface area contributed by atoms with Gasteiger partial charge in [0.2, 0.25) is 0 Å². The lowest BCUT2D eigenvalue weighted by atomic mass is 10.2.